The van der Waals surface area contributed by atoms with Gasteiger partial charge in [0.15, 0.2) is 0 Å². The second-order valence-electron chi connectivity index (χ2n) is 9.24. The maximum atomic E-state index is 13.3. The SMILES string of the molecule is CCCCN1C(=O)c2ccc3c4ccc5c6c(ccc(c7ccc(c2c37)C1=O)c64)C(=O)N(N)C5=O. The molecule has 0 bridgehead atoms. The molecule has 0 saturated heterocycles. The van der Waals surface area contributed by atoms with Crippen LogP contribution in [0.5, 0.6) is 0 Å². The lowest BCUT2D eigenvalue weighted by Gasteiger charge is -2.29. The zero-order valence-electron chi connectivity index (χ0n) is 18.8. The molecule has 2 N–H and O–H groups in total. The highest BCUT2D eigenvalue weighted by Gasteiger charge is 2.35. The molecule has 7 nitrogen and oxygen atoms in total. The summed E-state index contributed by atoms with van der Waals surface area (Å²) in [7, 11) is 0. The Morgan fingerprint density at radius 1 is 0.571 bits per heavy atom. The molecule has 35 heavy (non-hydrogen) atoms. The van der Waals surface area contributed by atoms with Gasteiger partial charge in [-0.2, -0.15) is 0 Å². The third-order valence-corrected chi connectivity index (χ3v) is 7.49. The summed E-state index contributed by atoms with van der Waals surface area (Å²) < 4.78 is 0. The zero-order valence-corrected chi connectivity index (χ0v) is 18.8. The molecule has 7 rings (SSSR count). The van der Waals surface area contributed by atoms with Gasteiger partial charge < -0.3 is 0 Å². The number of imide groups is 2. The van der Waals surface area contributed by atoms with E-state index in [4.69, 9.17) is 5.84 Å². The molecule has 0 fully saturated rings. The Labute approximate surface area is 199 Å². The molecule has 0 atom stereocenters. The highest BCUT2D eigenvalue weighted by Crippen LogP contribution is 2.45. The summed E-state index contributed by atoms with van der Waals surface area (Å²) in [6, 6.07) is 14.5. The van der Waals surface area contributed by atoms with Gasteiger partial charge in [0.05, 0.1) is 11.1 Å². The van der Waals surface area contributed by atoms with Crippen molar-refractivity contribution in [2.75, 3.05) is 6.54 Å². The molecule has 7 heteroatoms. The summed E-state index contributed by atoms with van der Waals surface area (Å²) in [5.41, 5.74) is 1.81. The standard InChI is InChI=1S/C28H19N3O4/c1-2-3-12-30-25(32)17-8-4-13-15-6-10-19-24-20(28(35)31(29)27(19)34)11-7-16(22(15)24)14-5-9-18(26(30)33)23(17)21(13)14/h4-11H,2-3,12,29H2,1H3. The van der Waals surface area contributed by atoms with Gasteiger partial charge in [0.2, 0.25) is 0 Å². The van der Waals surface area contributed by atoms with Crippen molar-refractivity contribution in [1.82, 2.24) is 9.91 Å². The Hall–Kier alpha value is -4.36. The number of nitrogens with zero attached hydrogens (tertiary/aromatic N) is 2. The topological polar surface area (TPSA) is 101 Å². The summed E-state index contributed by atoms with van der Waals surface area (Å²) in [4.78, 5) is 53.6. The predicted octanol–water partition coefficient (Wildman–Crippen LogP) is 4.60. The number of hydrazine groups is 1. The van der Waals surface area contributed by atoms with Gasteiger partial charge in [-0.15, -0.1) is 0 Å². The fourth-order valence-electron chi connectivity index (χ4n) is 5.86. The summed E-state index contributed by atoms with van der Waals surface area (Å²) in [6.07, 6.45) is 1.64. The first-order valence-electron chi connectivity index (χ1n) is 11.6. The van der Waals surface area contributed by atoms with E-state index >= 15 is 0 Å². The number of nitrogens with two attached hydrogens (primary N) is 1. The molecule has 0 aromatic heterocycles. The van der Waals surface area contributed by atoms with Crippen molar-refractivity contribution >= 4 is 66.7 Å². The van der Waals surface area contributed by atoms with Crippen molar-refractivity contribution in [2.45, 2.75) is 19.8 Å². The zero-order chi connectivity index (χ0) is 24.2. The smallest absolute Gasteiger partial charge is 0.274 e. The molecule has 5 aromatic rings. The molecule has 4 amide bonds. The van der Waals surface area contributed by atoms with Crippen LogP contribution in [-0.4, -0.2) is 40.1 Å². The van der Waals surface area contributed by atoms with E-state index in [1.165, 1.54) is 4.90 Å². The van der Waals surface area contributed by atoms with Crippen molar-refractivity contribution in [3.05, 3.63) is 70.8 Å². The lowest BCUT2D eigenvalue weighted by molar-refractivity contribution is 0.0594. The van der Waals surface area contributed by atoms with Gasteiger partial charge in [-0.25, -0.2) is 10.9 Å². The number of hydrogen-bond acceptors (Lipinski definition) is 5. The monoisotopic (exact) mass is 461 g/mol. The van der Waals surface area contributed by atoms with Crippen LogP contribution >= 0.6 is 0 Å². The number of carbonyl (C=O) groups excluding carboxylic acids is 4. The highest BCUT2D eigenvalue weighted by molar-refractivity contribution is 6.41. The van der Waals surface area contributed by atoms with E-state index in [1.807, 2.05) is 31.2 Å². The van der Waals surface area contributed by atoms with Gasteiger partial charge >= 0.3 is 0 Å². The third kappa shape index (κ3) is 2.28. The first kappa shape index (κ1) is 20.1. The van der Waals surface area contributed by atoms with Crippen molar-refractivity contribution in [3.8, 4) is 0 Å². The molecule has 0 radical (unpaired) electrons. The van der Waals surface area contributed by atoms with Crippen molar-refractivity contribution in [2.24, 2.45) is 5.84 Å². The van der Waals surface area contributed by atoms with Crippen molar-refractivity contribution in [3.63, 3.8) is 0 Å². The van der Waals surface area contributed by atoms with E-state index in [0.717, 1.165) is 45.2 Å². The molecule has 2 aliphatic heterocycles. The molecule has 2 aliphatic rings. The lowest BCUT2D eigenvalue weighted by atomic mass is 9.82. The fourth-order valence-corrected chi connectivity index (χ4v) is 5.86. The van der Waals surface area contributed by atoms with Gasteiger partial charge in [0.25, 0.3) is 23.6 Å². The molecule has 2 heterocycles. The van der Waals surface area contributed by atoms with Gasteiger partial charge in [0.1, 0.15) is 0 Å². The molecule has 0 aliphatic carbocycles. The molecule has 170 valence electrons. The average Bonchev–Trinajstić information content (AvgIpc) is 2.88. The molecule has 0 spiro atoms. The molecular formula is C28H19N3O4. The van der Waals surface area contributed by atoms with Gasteiger partial charge in [-0.1, -0.05) is 37.6 Å². The van der Waals surface area contributed by atoms with E-state index in [9.17, 15) is 19.2 Å². The third-order valence-electron chi connectivity index (χ3n) is 7.49. The maximum absolute atomic E-state index is 13.3. The summed E-state index contributed by atoms with van der Waals surface area (Å²) in [5, 5.41) is 7.03. The molecular weight excluding hydrogens is 442 g/mol. The second kappa shape index (κ2) is 6.61. The number of fused-ring (bicyclic) bond motifs is 2. The highest BCUT2D eigenvalue weighted by atomic mass is 16.2. The number of benzene rings is 5. The molecule has 5 aromatic carbocycles. The van der Waals surface area contributed by atoms with E-state index < -0.39 is 11.8 Å². The maximum Gasteiger partial charge on any atom is 0.275 e. The number of amides is 4. The number of hydrogen-bond donors (Lipinski definition) is 1. The van der Waals surface area contributed by atoms with Crippen LogP contribution in [0, 0.1) is 0 Å². The Kier molecular flexibility index (Phi) is 3.79. The van der Waals surface area contributed by atoms with Crippen LogP contribution in [0.3, 0.4) is 0 Å². The lowest BCUT2D eigenvalue weighted by Crippen LogP contribution is -2.45. The van der Waals surface area contributed by atoms with E-state index in [1.54, 1.807) is 24.3 Å². The largest absolute Gasteiger partial charge is 0.275 e. The Morgan fingerprint density at radius 2 is 0.943 bits per heavy atom. The number of rotatable bonds is 3. The van der Waals surface area contributed by atoms with Crippen LogP contribution in [-0.2, 0) is 0 Å². The number of unbranched alkanes of at least 4 members (excludes halogenated alkanes) is 1. The number of carbonyl (C=O) groups is 4. The summed E-state index contributed by atoms with van der Waals surface area (Å²) >= 11 is 0. The summed E-state index contributed by atoms with van der Waals surface area (Å²) in [6.45, 7) is 2.42. The van der Waals surface area contributed by atoms with Gasteiger partial charge in [-0.05, 0) is 63.0 Å². The van der Waals surface area contributed by atoms with Crippen molar-refractivity contribution in [1.29, 1.82) is 0 Å². The van der Waals surface area contributed by atoms with Crippen LogP contribution in [0.15, 0.2) is 48.5 Å². The van der Waals surface area contributed by atoms with Crippen LogP contribution in [0.1, 0.15) is 61.2 Å². The minimum absolute atomic E-state index is 0.269. The van der Waals surface area contributed by atoms with E-state index in [0.29, 0.717) is 44.6 Å². The van der Waals surface area contributed by atoms with Crippen LogP contribution in [0.4, 0.5) is 0 Å². The minimum Gasteiger partial charge on any atom is -0.274 e. The van der Waals surface area contributed by atoms with E-state index in [2.05, 4.69) is 0 Å². The van der Waals surface area contributed by atoms with Crippen LogP contribution in [0.25, 0.3) is 43.1 Å². The van der Waals surface area contributed by atoms with Gasteiger partial charge in [-0.3, -0.25) is 24.1 Å². The minimum atomic E-state index is -0.536. The molecule has 0 unspecified atom stereocenters. The van der Waals surface area contributed by atoms with Crippen molar-refractivity contribution < 1.29 is 19.2 Å². The van der Waals surface area contributed by atoms with Crippen LogP contribution < -0.4 is 5.84 Å². The second-order valence-corrected chi connectivity index (χ2v) is 9.24. The summed E-state index contributed by atoms with van der Waals surface area (Å²) in [5.74, 6) is 4.15. The van der Waals surface area contributed by atoms with E-state index in [-0.39, 0.29) is 11.8 Å². The quantitative estimate of drug-likeness (QED) is 0.139. The van der Waals surface area contributed by atoms with Gasteiger partial charge in [0, 0.05) is 28.4 Å². The van der Waals surface area contributed by atoms with Crippen LogP contribution in [0.2, 0.25) is 0 Å². The average molecular weight is 461 g/mol. The Balaban J connectivity index is 1.64. The Bertz CT molecular complexity index is 1720. The predicted molar refractivity (Wildman–Crippen MR) is 133 cm³/mol. The fraction of sp³-hybridized carbons (Fsp3) is 0.143. The molecule has 0 saturated carbocycles. The normalized spacial score (nSPS) is 15.6. The first-order valence-corrected chi connectivity index (χ1v) is 11.6. The first-order chi connectivity index (χ1) is 16.9. The Morgan fingerprint density at radius 3 is 1.31 bits per heavy atom.